The summed E-state index contributed by atoms with van der Waals surface area (Å²) in [5.74, 6) is -0.598. The summed E-state index contributed by atoms with van der Waals surface area (Å²) in [6, 6.07) is -0.646. The first-order chi connectivity index (χ1) is 7.43. The van der Waals surface area contributed by atoms with Gasteiger partial charge in [0.15, 0.2) is 0 Å². The van der Waals surface area contributed by atoms with Gasteiger partial charge in [-0.1, -0.05) is 6.58 Å². The standard InChI is InChI=1S/C9H19N5O2/c1-6(10)13-4-2-3-7(11)9(16)14-5-8(12)15/h7,13H,1-5,10-11H2,(H2,12,15)(H,14,16). The van der Waals surface area contributed by atoms with Crippen LogP contribution in [0.1, 0.15) is 12.8 Å². The van der Waals surface area contributed by atoms with Crippen LogP contribution in [0.2, 0.25) is 0 Å². The Kier molecular flexibility index (Phi) is 6.69. The maximum absolute atomic E-state index is 11.3. The highest BCUT2D eigenvalue weighted by molar-refractivity contribution is 5.86. The monoisotopic (exact) mass is 229 g/mol. The molecule has 0 aliphatic heterocycles. The van der Waals surface area contributed by atoms with Crippen molar-refractivity contribution in [3.63, 3.8) is 0 Å². The molecule has 1 atom stereocenters. The zero-order chi connectivity index (χ0) is 12.6. The van der Waals surface area contributed by atoms with Gasteiger partial charge in [-0.2, -0.15) is 0 Å². The van der Waals surface area contributed by atoms with Gasteiger partial charge >= 0.3 is 0 Å². The van der Waals surface area contributed by atoms with Crippen LogP contribution in [0.15, 0.2) is 12.4 Å². The van der Waals surface area contributed by atoms with Crippen molar-refractivity contribution in [2.24, 2.45) is 17.2 Å². The van der Waals surface area contributed by atoms with Crippen molar-refractivity contribution >= 4 is 11.8 Å². The topological polar surface area (TPSA) is 136 Å². The van der Waals surface area contributed by atoms with Crippen LogP contribution in [0.3, 0.4) is 0 Å². The molecule has 0 rings (SSSR count). The smallest absolute Gasteiger partial charge is 0.237 e. The van der Waals surface area contributed by atoms with Gasteiger partial charge < -0.3 is 27.8 Å². The fourth-order valence-electron chi connectivity index (χ4n) is 1.01. The first-order valence-corrected chi connectivity index (χ1v) is 4.93. The van der Waals surface area contributed by atoms with Crippen molar-refractivity contribution in [3.8, 4) is 0 Å². The van der Waals surface area contributed by atoms with E-state index in [-0.39, 0.29) is 12.5 Å². The summed E-state index contributed by atoms with van der Waals surface area (Å²) in [5.41, 5.74) is 15.7. The SMILES string of the molecule is C=C(N)NCCCC(N)C(=O)NCC(N)=O. The maximum Gasteiger partial charge on any atom is 0.237 e. The molecule has 0 aromatic carbocycles. The van der Waals surface area contributed by atoms with Gasteiger partial charge in [0, 0.05) is 6.54 Å². The van der Waals surface area contributed by atoms with E-state index in [1.165, 1.54) is 0 Å². The fourth-order valence-corrected chi connectivity index (χ4v) is 1.01. The number of nitrogens with two attached hydrogens (primary N) is 3. The van der Waals surface area contributed by atoms with E-state index in [9.17, 15) is 9.59 Å². The van der Waals surface area contributed by atoms with Gasteiger partial charge in [-0.05, 0) is 12.8 Å². The summed E-state index contributed by atoms with van der Waals surface area (Å²) < 4.78 is 0. The Morgan fingerprint density at radius 1 is 1.25 bits per heavy atom. The van der Waals surface area contributed by atoms with E-state index in [0.29, 0.717) is 25.2 Å². The van der Waals surface area contributed by atoms with E-state index < -0.39 is 11.9 Å². The minimum absolute atomic E-state index is 0.190. The molecule has 0 aromatic heterocycles. The molecule has 0 saturated heterocycles. The van der Waals surface area contributed by atoms with E-state index in [2.05, 4.69) is 17.2 Å². The van der Waals surface area contributed by atoms with Crippen molar-refractivity contribution in [2.45, 2.75) is 18.9 Å². The quantitative estimate of drug-likeness (QED) is 0.298. The molecule has 0 radical (unpaired) electrons. The molecule has 1 unspecified atom stereocenters. The Bertz CT molecular complexity index is 267. The fraction of sp³-hybridized carbons (Fsp3) is 0.556. The lowest BCUT2D eigenvalue weighted by molar-refractivity contribution is -0.125. The van der Waals surface area contributed by atoms with Crippen LogP contribution in [0.4, 0.5) is 0 Å². The number of rotatable bonds is 8. The Labute approximate surface area is 94.4 Å². The number of hydrogen-bond donors (Lipinski definition) is 5. The van der Waals surface area contributed by atoms with Crippen LogP contribution >= 0.6 is 0 Å². The highest BCUT2D eigenvalue weighted by Crippen LogP contribution is 1.93. The Morgan fingerprint density at radius 3 is 2.38 bits per heavy atom. The third kappa shape index (κ3) is 7.63. The predicted molar refractivity (Wildman–Crippen MR) is 60.7 cm³/mol. The number of carbonyl (C=O) groups excluding carboxylic acids is 2. The molecule has 0 heterocycles. The van der Waals surface area contributed by atoms with Crippen LogP contribution in [0.5, 0.6) is 0 Å². The van der Waals surface area contributed by atoms with Crippen LogP contribution in [0, 0.1) is 0 Å². The van der Waals surface area contributed by atoms with Gasteiger partial charge in [0.1, 0.15) is 0 Å². The largest absolute Gasteiger partial charge is 0.386 e. The summed E-state index contributed by atoms with van der Waals surface area (Å²) in [4.78, 5) is 21.7. The van der Waals surface area contributed by atoms with Crippen LogP contribution < -0.4 is 27.8 Å². The Hall–Kier alpha value is -1.76. The first kappa shape index (κ1) is 14.2. The molecule has 0 aliphatic carbocycles. The Balaban J connectivity index is 3.62. The molecular formula is C9H19N5O2. The van der Waals surface area contributed by atoms with Crippen molar-refractivity contribution < 1.29 is 9.59 Å². The number of hydrogen-bond acceptors (Lipinski definition) is 5. The first-order valence-electron chi connectivity index (χ1n) is 4.93. The molecule has 7 heteroatoms. The van der Waals surface area contributed by atoms with Crippen LogP contribution in [0.25, 0.3) is 0 Å². The summed E-state index contributed by atoms with van der Waals surface area (Å²) in [6.07, 6.45) is 1.17. The zero-order valence-electron chi connectivity index (χ0n) is 9.16. The number of primary amides is 1. The lowest BCUT2D eigenvalue weighted by atomic mass is 10.1. The minimum atomic E-state index is -0.646. The van der Waals surface area contributed by atoms with Gasteiger partial charge in [0.25, 0.3) is 0 Å². The highest BCUT2D eigenvalue weighted by atomic mass is 16.2. The minimum Gasteiger partial charge on any atom is -0.386 e. The van der Waals surface area contributed by atoms with Gasteiger partial charge in [-0.3, -0.25) is 9.59 Å². The van der Waals surface area contributed by atoms with Crippen molar-refractivity contribution in [2.75, 3.05) is 13.1 Å². The molecular weight excluding hydrogens is 210 g/mol. The third-order valence-corrected chi connectivity index (χ3v) is 1.82. The summed E-state index contributed by atoms with van der Waals surface area (Å²) in [6.45, 7) is 3.87. The zero-order valence-corrected chi connectivity index (χ0v) is 9.16. The van der Waals surface area contributed by atoms with E-state index in [1.807, 2.05) is 0 Å². The van der Waals surface area contributed by atoms with Crippen molar-refractivity contribution in [3.05, 3.63) is 12.4 Å². The second kappa shape index (κ2) is 7.52. The second-order valence-electron chi connectivity index (χ2n) is 3.38. The molecule has 0 saturated carbocycles. The van der Waals surface area contributed by atoms with Crippen molar-refractivity contribution in [1.29, 1.82) is 0 Å². The van der Waals surface area contributed by atoms with E-state index >= 15 is 0 Å². The highest BCUT2D eigenvalue weighted by Gasteiger charge is 2.12. The number of amides is 2. The lowest BCUT2D eigenvalue weighted by Gasteiger charge is -2.11. The second-order valence-corrected chi connectivity index (χ2v) is 3.38. The van der Waals surface area contributed by atoms with E-state index in [4.69, 9.17) is 17.2 Å². The summed E-state index contributed by atoms with van der Waals surface area (Å²) >= 11 is 0. The van der Waals surface area contributed by atoms with Gasteiger partial charge in [0.05, 0.1) is 18.4 Å². The molecule has 2 amide bonds. The Morgan fingerprint density at radius 2 is 1.88 bits per heavy atom. The molecule has 8 N–H and O–H groups in total. The lowest BCUT2D eigenvalue weighted by Crippen LogP contribution is -2.44. The van der Waals surface area contributed by atoms with Crippen molar-refractivity contribution in [1.82, 2.24) is 10.6 Å². The maximum atomic E-state index is 11.3. The van der Waals surface area contributed by atoms with E-state index in [0.717, 1.165) is 0 Å². The van der Waals surface area contributed by atoms with Gasteiger partial charge in [-0.15, -0.1) is 0 Å². The van der Waals surface area contributed by atoms with E-state index in [1.54, 1.807) is 0 Å². The predicted octanol–water partition coefficient (Wildman–Crippen LogP) is -2.29. The number of carbonyl (C=O) groups is 2. The van der Waals surface area contributed by atoms with Crippen LogP contribution in [-0.4, -0.2) is 30.9 Å². The molecule has 16 heavy (non-hydrogen) atoms. The third-order valence-electron chi connectivity index (χ3n) is 1.82. The molecule has 0 spiro atoms. The van der Waals surface area contributed by atoms with Crippen LogP contribution in [-0.2, 0) is 9.59 Å². The molecule has 7 nitrogen and oxygen atoms in total. The molecule has 92 valence electrons. The average Bonchev–Trinajstić information content (AvgIpc) is 2.20. The molecule has 0 fully saturated rings. The van der Waals surface area contributed by atoms with Gasteiger partial charge in [-0.25, -0.2) is 0 Å². The summed E-state index contributed by atoms with van der Waals surface area (Å²) in [7, 11) is 0. The normalized spacial score (nSPS) is 11.6. The molecule has 0 aliphatic rings. The summed E-state index contributed by atoms with van der Waals surface area (Å²) in [5, 5.41) is 5.14. The number of nitrogens with one attached hydrogen (secondary N) is 2. The molecule has 0 aromatic rings. The molecule has 0 bridgehead atoms. The average molecular weight is 229 g/mol. The van der Waals surface area contributed by atoms with Gasteiger partial charge in [0.2, 0.25) is 11.8 Å².